The molecule has 0 saturated carbocycles. The van der Waals surface area contributed by atoms with Crippen LogP contribution in [0.5, 0.6) is 0 Å². The number of carbonyl (C=O) groups is 1. The minimum atomic E-state index is 0. The summed E-state index contributed by atoms with van der Waals surface area (Å²) in [7, 11) is 5.31. The lowest BCUT2D eigenvalue weighted by atomic mass is 9.91. The molecular formula is C27H40IN5O. The van der Waals surface area contributed by atoms with Gasteiger partial charge < -0.3 is 15.5 Å². The number of nitrogens with one attached hydrogen (secondary N) is 2. The summed E-state index contributed by atoms with van der Waals surface area (Å²) in [6.07, 6.45) is 1.33. The standard InChI is InChI=1S/C27H39N5O.HI/c1-20-14-21(2)18-32(17-20)19-25-9-7-6-8-24(25)16-30-27(28-3)29-15-22-10-12-23(13-11-22)26(33)31(4)5;/h6-13,20-21H,14-19H2,1-5H3,(H2,28,29,30);1H. The molecule has 0 bridgehead atoms. The maximum absolute atomic E-state index is 12.1. The minimum absolute atomic E-state index is 0. The number of nitrogens with zero attached hydrogens (tertiary/aromatic N) is 3. The van der Waals surface area contributed by atoms with E-state index in [0.717, 1.165) is 36.4 Å². The third kappa shape index (κ3) is 8.27. The number of hydrogen-bond acceptors (Lipinski definition) is 3. The molecule has 2 atom stereocenters. The topological polar surface area (TPSA) is 60.0 Å². The molecule has 0 spiro atoms. The quantitative estimate of drug-likeness (QED) is 0.292. The van der Waals surface area contributed by atoms with Crippen LogP contribution in [0.2, 0.25) is 0 Å². The summed E-state index contributed by atoms with van der Waals surface area (Å²) in [6, 6.07) is 16.4. The molecular weight excluding hydrogens is 537 g/mol. The van der Waals surface area contributed by atoms with E-state index < -0.39 is 0 Å². The highest BCUT2D eigenvalue weighted by atomic mass is 127. The number of rotatable bonds is 7. The second-order valence-corrected chi connectivity index (χ2v) is 9.58. The van der Waals surface area contributed by atoms with E-state index in [1.807, 2.05) is 24.3 Å². The Morgan fingerprint density at radius 1 is 0.971 bits per heavy atom. The van der Waals surface area contributed by atoms with Crippen LogP contribution in [0.15, 0.2) is 53.5 Å². The number of guanidine groups is 1. The predicted molar refractivity (Wildman–Crippen MR) is 152 cm³/mol. The van der Waals surface area contributed by atoms with Crippen LogP contribution in [0.1, 0.15) is 47.3 Å². The molecule has 1 aliphatic rings. The molecule has 0 aromatic heterocycles. The van der Waals surface area contributed by atoms with E-state index in [4.69, 9.17) is 0 Å². The smallest absolute Gasteiger partial charge is 0.253 e. The number of amides is 1. The normalized spacial score (nSPS) is 18.7. The zero-order valence-corrected chi connectivity index (χ0v) is 23.5. The van der Waals surface area contributed by atoms with Crippen molar-refractivity contribution in [2.75, 3.05) is 34.2 Å². The van der Waals surface area contributed by atoms with Crippen LogP contribution >= 0.6 is 24.0 Å². The second-order valence-electron chi connectivity index (χ2n) is 9.58. The molecule has 2 unspecified atom stereocenters. The average molecular weight is 578 g/mol. The predicted octanol–water partition coefficient (Wildman–Crippen LogP) is 4.35. The Hall–Kier alpha value is -2.13. The first kappa shape index (κ1) is 28.1. The first-order valence-electron chi connectivity index (χ1n) is 11.9. The molecule has 186 valence electrons. The fraction of sp³-hybridized carbons (Fsp3) is 0.481. The van der Waals surface area contributed by atoms with Gasteiger partial charge in [0, 0.05) is 59.4 Å². The fourth-order valence-electron chi connectivity index (χ4n) is 4.65. The first-order valence-corrected chi connectivity index (χ1v) is 11.9. The van der Waals surface area contributed by atoms with Gasteiger partial charge in [-0.25, -0.2) is 0 Å². The van der Waals surface area contributed by atoms with Crippen molar-refractivity contribution in [1.29, 1.82) is 0 Å². The van der Waals surface area contributed by atoms with Crippen molar-refractivity contribution in [3.05, 3.63) is 70.8 Å². The van der Waals surface area contributed by atoms with Gasteiger partial charge in [-0.1, -0.05) is 50.2 Å². The lowest BCUT2D eigenvalue weighted by Gasteiger charge is -2.35. The number of piperidine rings is 1. The Morgan fingerprint density at radius 3 is 2.15 bits per heavy atom. The molecule has 1 saturated heterocycles. The Bertz CT molecular complexity index is 934. The first-order chi connectivity index (χ1) is 15.9. The molecule has 1 amide bonds. The fourth-order valence-corrected chi connectivity index (χ4v) is 4.65. The molecule has 0 aliphatic carbocycles. The highest BCUT2D eigenvalue weighted by molar-refractivity contribution is 14.0. The van der Waals surface area contributed by atoms with Crippen LogP contribution in [-0.2, 0) is 19.6 Å². The summed E-state index contributed by atoms with van der Waals surface area (Å²) >= 11 is 0. The largest absolute Gasteiger partial charge is 0.352 e. The van der Waals surface area contributed by atoms with Crippen LogP contribution in [-0.4, -0.2) is 55.9 Å². The molecule has 2 aromatic rings. The Labute approximate surface area is 222 Å². The maximum Gasteiger partial charge on any atom is 0.253 e. The van der Waals surface area contributed by atoms with Gasteiger partial charge in [0.1, 0.15) is 0 Å². The summed E-state index contributed by atoms with van der Waals surface area (Å²) in [5, 5.41) is 6.83. The molecule has 0 radical (unpaired) electrons. The summed E-state index contributed by atoms with van der Waals surface area (Å²) in [6.45, 7) is 9.43. The molecule has 34 heavy (non-hydrogen) atoms. The number of carbonyl (C=O) groups excluding carboxylic acids is 1. The highest BCUT2D eigenvalue weighted by Gasteiger charge is 2.22. The Balaban J connectivity index is 0.00000408. The van der Waals surface area contributed by atoms with Gasteiger partial charge in [-0.3, -0.25) is 14.7 Å². The molecule has 1 fully saturated rings. The Kier molecular flexibility index (Phi) is 11.3. The highest BCUT2D eigenvalue weighted by Crippen LogP contribution is 2.23. The van der Waals surface area contributed by atoms with Crippen molar-refractivity contribution in [2.45, 2.75) is 39.9 Å². The van der Waals surface area contributed by atoms with Gasteiger partial charge >= 0.3 is 0 Å². The molecule has 3 rings (SSSR count). The molecule has 6 nitrogen and oxygen atoms in total. The van der Waals surface area contributed by atoms with Gasteiger partial charge in [-0.15, -0.1) is 24.0 Å². The Morgan fingerprint density at radius 2 is 1.56 bits per heavy atom. The average Bonchev–Trinajstić information content (AvgIpc) is 2.79. The minimum Gasteiger partial charge on any atom is -0.352 e. The van der Waals surface area contributed by atoms with Gasteiger partial charge in [0.15, 0.2) is 5.96 Å². The van der Waals surface area contributed by atoms with Crippen molar-refractivity contribution < 1.29 is 4.79 Å². The number of likely N-dealkylation sites (tertiary alicyclic amines) is 1. The van der Waals surface area contributed by atoms with E-state index in [-0.39, 0.29) is 29.9 Å². The van der Waals surface area contributed by atoms with Crippen LogP contribution < -0.4 is 10.6 Å². The molecule has 7 heteroatoms. The van der Waals surface area contributed by atoms with Crippen molar-refractivity contribution in [3.63, 3.8) is 0 Å². The van der Waals surface area contributed by atoms with Gasteiger partial charge in [0.25, 0.3) is 5.91 Å². The SMILES string of the molecule is CN=C(NCc1ccc(C(=O)N(C)C)cc1)NCc1ccccc1CN1CC(C)CC(C)C1.I. The van der Waals surface area contributed by atoms with Crippen LogP contribution in [0.3, 0.4) is 0 Å². The summed E-state index contributed by atoms with van der Waals surface area (Å²) in [5.41, 5.74) is 4.48. The zero-order valence-electron chi connectivity index (χ0n) is 21.2. The molecule has 2 aromatic carbocycles. The molecule has 2 N–H and O–H groups in total. The van der Waals surface area contributed by atoms with E-state index in [2.05, 4.69) is 58.6 Å². The van der Waals surface area contributed by atoms with E-state index >= 15 is 0 Å². The molecule has 1 heterocycles. The monoisotopic (exact) mass is 577 g/mol. The lowest BCUT2D eigenvalue weighted by Crippen LogP contribution is -2.39. The number of hydrogen-bond donors (Lipinski definition) is 2. The lowest BCUT2D eigenvalue weighted by molar-refractivity contribution is 0.0827. The van der Waals surface area contributed by atoms with E-state index in [9.17, 15) is 4.79 Å². The van der Waals surface area contributed by atoms with E-state index in [1.165, 1.54) is 30.6 Å². The van der Waals surface area contributed by atoms with Gasteiger partial charge in [0.2, 0.25) is 0 Å². The van der Waals surface area contributed by atoms with Crippen LogP contribution in [0.4, 0.5) is 0 Å². The van der Waals surface area contributed by atoms with E-state index in [0.29, 0.717) is 12.1 Å². The van der Waals surface area contributed by atoms with Crippen molar-refractivity contribution in [2.24, 2.45) is 16.8 Å². The van der Waals surface area contributed by atoms with Crippen LogP contribution in [0.25, 0.3) is 0 Å². The maximum atomic E-state index is 12.1. The van der Waals surface area contributed by atoms with Gasteiger partial charge in [-0.2, -0.15) is 0 Å². The number of aliphatic imine (C=N–C) groups is 1. The second kappa shape index (κ2) is 13.7. The zero-order chi connectivity index (χ0) is 23.8. The van der Waals surface area contributed by atoms with Crippen molar-refractivity contribution >= 4 is 35.8 Å². The third-order valence-electron chi connectivity index (χ3n) is 6.19. The number of benzene rings is 2. The van der Waals surface area contributed by atoms with E-state index in [1.54, 1.807) is 26.0 Å². The van der Waals surface area contributed by atoms with Crippen molar-refractivity contribution in [1.82, 2.24) is 20.4 Å². The van der Waals surface area contributed by atoms with Crippen LogP contribution in [0, 0.1) is 11.8 Å². The van der Waals surface area contributed by atoms with Gasteiger partial charge in [0.05, 0.1) is 0 Å². The summed E-state index contributed by atoms with van der Waals surface area (Å²) in [4.78, 5) is 20.6. The van der Waals surface area contributed by atoms with Crippen molar-refractivity contribution in [3.8, 4) is 0 Å². The number of halogens is 1. The molecule has 1 aliphatic heterocycles. The van der Waals surface area contributed by atoms with Gasteiger partial charge in [-0.05, 0) is 47.1 Å². The summed E-state index contributed by atoms with van der Waals surface area (Å²) in [5.74, 6) is 2.30. The summed E-state index contributed by atoms with van der Waals surface area (Å²) < 4.78 is 0. The third-order valence-corrected chi connectivity index (χ3v) is 6.19.